The topological polar surface area (TPSA) is 0 Å². The average Bonchev–Trinajstić information content (AvgIpc) is 2.41. The van der Waals surface area contributed by atoms with E-state index < -0.39 is 0 Å². The summed E-state index contributed by atoms with van der Waals surface area (Å²) in [6, 6.07) is 4.91. The molecule has 0 aliphatic heterocycles. The Morgan fingerprint density at radius 1 is 1.33 bits per heavy atom. The van der Waals surface area contributed by atoms with Crippen molar-refractivity contribution in [1.82, 2.24) is 0 Å². The molecular formula is C15H17BrClF. The summed E-state index contributed by atoms with van der Waals surface area (Å²) in [5, 5.41) is 1.08. The maximum atomic E-state index is 13.1. The first-order valence-corrected chi connectivity index (χ1v) is 7.92. The minimum Gasteiger partial charge on any atom is -0.205 e. The van der Waals surface area contributed by atoms with Gasteiger partial charge in [-0.15, -0.1) is 0 Å². The molecule has 98 valence electrons. The summed E-state index contributed by atoms with van der Waals surface area (Å²) in [4.78, 5) is 0. The summed E-state index contributed by atoms with van der Waals surface area (Å²) >= 11 is 9.38. The first-order chi connectivity index (χ1) is 8.70. The molecule has 0 nitrogen and oxygen atoms in total. The van der Waals surface area contributed by atoms with Crippen molar-refractivity contribution in [3.8, 4) is 0 Å². The molecule has 1 aliphatic rings. The van der Waals surface area contributed by atoms with Gasteiger partial charge in [0.15, 0.2) is 0 Å². The molecule has 0 radical (unpaired) electrons. The van der Waals surface area contributed by atoms with Gasteiger partial charge < -0.3 is 0 Å². The third kappa shape index (κ3) is 3.58. The molecule has 0 unspecified atom stereocenters. The summed E-state index contributed by atoms with van der Waals surface area (Å²) in [5.41, 5.74) is 2.39. The molecule has 1 aromatic carbocycles. The molecule has 3 heteroatoms. The van der Waals surface area contributed by atoms with E-state index in [9.17, 15) is 4.39 Å². The first kappa shape index (κ1) is 14.1. The smallest absolute Gasteiger partial charge is 0.141 e. The Bertz CT molecular complexity index is 436. The fraction of sp³-hybridized carbons (Fsp3) is 0.467. The van der Waals surface area contributed by atoms with Crippen molar-refractivity contribution in [1.29, 1.82) is 0 Å². The van der Waals surface area contributed by atoms with Crippen molar-refractivity contribution in [2.45, 2.75) is 32.1 Å². The van der Waals surface area contributed by atoms with Gasteiger partial charge in [0.05, 0.1) is 5.02 Å². The highest BCUT2D eigenvalue weighted by Gasteiger charge is 2.17. The molecular weight excluding hydrogens is 315 g/mol. The van der Waals surface area contributed by atoms with Gasteiger partial charge in [0.1, 0.15) is 5.82 Å². The molecule has 1 saturated carbocycles. The largest absolute Gasteiger partial charge is 0.205 e. The van der Waals surface area contributed by atoms with Gasteiger partial charge in [0, 0.05) is 5.33 Å². The fourth-order valence-electron chi connectivity index (χ4n) is 2.56. The molecule has 2 rings (SSSR count). The van der Waals surface area contributed by atoms with Crippen molar-refractivity contribution >= 4 is 33.6 Å². The van der Waals surface area contributed by atoms with Crippen LogP contribution in [0.3, 0.4) is 0 Å². The van der Waals surface area contributed by atoms with E-state index in [-0.39, 0.29) is 10.8 Å². The monoisotopic (exact) mass is 330 g/mol. The molecule has 0 N–H and O–H groups in total. The normalized spacial score (nSPS) is 18.1. The van der Waals surface area contributed by atoms with Gasteiger partial charge in [-0.05, 0) is 36.5 Å². The van der Waals surface area contributed by atoms with Crippen LogP contribution in [0.2, 0.25) is 5.02 Å². The predicted octanol–water partition coefficient (Wildman–Crippen LogP) is 5.84. The molecule has 1 aromatic rings. The standard InChI is InChI=1S/C15H17BrClF/c16-10-13(12-4-2-1-3-5-12)8-11-6-7-15(18)14(17)9-11/h6-9,12H,1-5,10H2/b13-8-. The maximum absolute atomic E-state index is 13.1. The number of rotatable bonds is 3. The Morgan fingerprint density at radius 3 is 2.67 bits per heavy atom. The van der Waals surface area contributed by atoms with Gasteiger partial charge >= 0.3 is 0 Å². The van der Waals surface area contributed by atoms with Crippen LogP contribution in [0.25, 0.3) is 6.08 Å². The van der Waals surface area contributed by atoms with E-state index in [0.717, 1.165) is 10.9 Å². The van der Waals surface area contributed by atoms with E-state index in [2.05, 4.69) is 22.0 Å². The molecule has 0 amide bonds. The lowest BCUT2D eigenvalue weighted by Gasteiger charge is -2.23. The van der Waals surface area contributed by atoms with Crippen molar-refractivity contribution in [2.75, 3.05) is 5.33 Å². The Labute approximate surface area is 121 Å². The van der Waals surface area contributed by atoms with Crippen LogP contribution in [0.15, 0.2) is 23.8 Å². The molecule has 1 aliphatic carbocycles. The molecule has 0 bridgehead atoms. The van der Waals surface area contributed by atoms with E-state index in [1.807, 2.05) is 0 Å². The molecule has 1 fully saturated rings. The van der Waals surface area contributed by atoms with E-state index in [0.29, 0.717) is 5.92 Å². The zero-order valence-corrected chi connectivity index (χ0v) is 12.6. The zero-order chi connectivity index (χ0) is 13.0. The highest BCUT2D eigenvalue weighted by Crippen LogP contribution is 2.32. The third-order valence-corrected chi connectivity index (χ3v) is 4.52. The lowest BCUT2D eigenvalue weighted by molar-refractivity contribution is 0.405. The van der Waals surface area contributed by atoms with Crippen LogP contribution in [-0.4, -0.2) is 5.33 Å². The number of benzene rings is 1. The van der Waals surface area contributed by atoms with Crippen LogP contribution in [-0.2, 0) is 0 Å². The van der Waals surface area contributed by atoms with Gasteiger partial charge in [-0.3, -0.25) is 0 Å². The van der Waals surface area contributed by atoms with Gasteiger partial charge in [0.25, 0.3) is 0 Å². The van der Waals surface area contributed by atoms with Crippen LogP contribution in [0.1, 0.15) is 37.7 Å². The average molecular weight is 332 g/mol. The Hall–Kier alpha value is -0.340. The molecule has 0 saturated heterocycles. The molecule has 0 heterocycles. The number of halogens is 3. The number of allylic oxidation sites excluding steroid dienone is 1. The second kappa shape index (κ2) is 6.72. The van der Waals surface area contributed by atoms with E-state index in [1.165, 1.54) is 43.7 Å². The quantitative estimate of drug-likeness (QED) is 0.611. The molecule has 0 aromatic heterocycles. The predicted molar refractivity (Wildman–Crippen MR) is 79.8 cm³/mol. The van der Waals surface area contributed by atoms with Crippen molar-refractivity contribution in [3.63, 3.8) is 0 Å². The highest BCUT2D eigenvalue weighted by molar-refractivity contribution is 9.09. The summed E-state index contributed by atoms with van der Waals surface area (Å²) in [7, 11) is 0. The van der Waals surface area contributed by atoms with Crippen LogP contribution in [0, 0.1) is 11.7 Å². The van der Waals surface area contributed by atoms with Gasteiger partial charge in [-0.25, -0.2) is 4.39 Å². The van der Waals surface area contributed by atoms with E-state index in [4.69, 9.17) is 11.6 Å². The fourth-order valence-corrected chi connectivity index (χ4v) is 3.36. The van der Waals surface area contributed by atoms with Gasteiger partial charge in [0.2, 0.25) is 0 Å². The van der Waals surface area contributed by atoms with Crippen LogP contribution in [0.4, 0.5) is 4.39 Å². The lowest BCUT2D eigenvalue weighted by Crippen LogP contribution is -2.10. The number of hydrogen-bond acceptors (Lipinski definition) is 0. The van der Waals surface area contributed by atoms with Crippen molar-refractivity contribution < 1.29 is 4.39 Å². The number of hydrogen-bond donors (Lipinski definition) is 0. The molecule has 18 heavy (non-hydrogen) atoms. The maximum Gasteiger partial charge on any atom is 0.141 e. The number of alkyl halides is 1. The SMILES string of the molecule is Fc1ccc(/C=C(/CBr)C2CCCCC2)cc1Cl. The summed E-state index contributed by atoms with van der Waals surface area (Å²) < 4.78 is 13.1. The van der Waals surface area contributed by atoms with Crippen molar-refractivity contribution in [2.24, 2.45) is 5.92 Å². The minimum absolute atomic E-state index is 0.196. The van der Waals surface area contributed by atoms with E-state index in [1.54, 1.807) is 12.1 Å². The lowest BCUT2D eigenvalue weighted by atomic mass is 9.84. The first-order valence-electron chi connectivity index (χ1n) is 6.42. The molecule has 0 spiro atoms. The van der Waals surface area contributed by atoms with E-state index >= 15 is 0 Å². The van der Waals surface area contributed by atoms with Gasteiger partial charge in [-0.2, -0.15) is 0 Å². The van der Waals surface area contributed by atoms with Crippen molar-refractivity contribution in [3.05, 3.63) is 40.2 Å². The summed E-state index contributed by atoms with van der Waals surface area (Å²) in [6.45, 7) is 0. The summed E-state index contributed by atoms with van der Waals surface area (Å²) in [5.74, 6) is 0.314. The molecule has 0 atom stereocenters. The third-order valence-electron chi connectivity index (χ3n) is 3.58. The zero-order valence-electron chi connectivity index (χ0n) is 10.3. The Balaban J connectivity index is 2.19. The highest BCUT2D eigenvalue weighted by atomic mass is 79.9. The van der Waals surface area contributed by atoms with Gasteiger partial charge in [-0.1, -0.05) is 64.5 Å². The summed E-state index contributed by atoms with van der Waals surface area (Å²) in [6.07, 6.45) is 8.68. The Morgan fingerprint density at radius 2 is 2.06 bits per heavy atom. The van der Waals surface area contributed by atoms with Crippen LogP contribution in [0.5, 0.6) is 0 Å². The van der Waals surface area contributed by atoms with Crippen LogP contribution < -0.4 is 0 Å². The second-order valence-electron chi connectivity index (χ2n) is 4.86. The Kier molecular flexibility index (Phi) is 5.25. The van der Waals surface area contributed by atoms with Crippen LogP contribution >= 0.6 is 27.5 Å². The second-order valence-corrected chi connectivity index (χ2v) is 5.83. The minimum atomic E-state index is -0.355.